The molecule has 0 spiro atoms. The van der Waals surface area contributed by atoms with Crippen LogP contribution in [0.3, 0.4) is 0 Å². The zero-order valence-corrected chi connectivity index (χ0v) is 9.56. The van der Waals surface area contributed by atoms with Gasteiger partial charge >= 0.3 is 0 Å². The second kappa shape index (κ2) is 4.43. The molecule has 1 unspecified atom stereocenters. The third-order valence-electron chi connectivity index (χ3n) is 2.79. The molecule has 0 saturated carbocycles. The van der Waals surface area contributed by atoms with E-state index in [4.69, 9.17) is 0 Å². The Morgan fingerprint density at radius 3 is 2.54 bits per heavy atom. The lowest BCUT2D eigenvalue weighted by molar-refractivity contribution is 0.172. The van der Waals surface area contributed by atoms with Gasteiger partial charge in [-0.2, -0.15) is 0 Å². The minimum Gasteiger partial charge on any atom is -0.311 e. The summed E-state index contributed by atoms with van der Waals surface area (Å²) in [6.45, 7) is 9.11. The van der Waals surface area contributed by atoms with Crippen LogP contribution in [-0.4, -0.2) is 36.6 Å². The van der Waals surface area contributed by atoms with Crippen LogP contribution >= 0.6 is 0 Å². The molecule has 13 heavy (non-hydrogen) atoms. The molecule has 1 rings (SSSR count). The summed E-state index contributed by atoms with van der Waals surface area (Å²) in [7, 11) is 2.24. The average molecular weight is 184 g/mol. The molecule has 1 atom stereocenters. The summed E-state index contributed by atoms with van der Waals surface area (Å²) in [6, 6.07) is 0.757. The van der Waals surface area contributed by atoms with Crippen LogP contribution in [0.4, 0.5) is 0 Å². The Labute approximate surface area is 82.7 Å². The van der Waals surface area contributed by atoms with Crippen molar-refractivity contribution in [2.45, 2.75) is 51.6 Å². The van der Waals surface area contributed by atoms with E-state index < -0.39 is 0 Å². The number of hydrogen-bond acceptors (Lipinski definition) is 2. The van der Waals surface area contributed by atoms with Gasteiger partial charge in [0.1, 0.15) is 0 Å². The highest BCUT2D eigenvalue weighted by Gasteiger charge is 2.20. The molecule has 0 aliphatic carbocycles. The van der Waals surface area contributed by atoms with Gasteiger partial charge in [0, 0.05) is 18.1 Å². The van der Waals surface area contributed by atoms with Crippen LogP contribution in [0.5, 0.6) is 0 Å². The van der Waals surface area contributed by atoms with E-state index in [2.05, 4.69) is 38.0 Å². The predicted molar refractivity (Wildman–Crippen MR) is 58.0 cm³/mol. The van der Waals surface area contributed by atoms with E-state index in [1.54, 1.807) is 0 Å². The highest BCUT2D eigenvalue weighted by molar-refractivity contribution is 4.80. The molecule has 0 aromatic rings. The van der Waals surface area contributed by atoms with Crippen molar-refractivity contribution in [3.05, 3.63) is 0 Å². The van der Waals surface area contributed by atoms with Crippen LogP contribution in [-0.2, 0) is 0 Å². The molecule has 78 valence electrons. The number of hydrogen-bond donors (Lipinski definition) is 1. The summed E-state index contributed by atoms with van der Waals surface area (Å²) in [5.74, 6) is 0. The van der Waals surface area contributed by atoms with Crippen LogP contribution in [0.15, 0.2) is 0 Å². The van der Waals surface area contributed by atoms with E-state index in [-0.39, 0.29) is 5.54 Å². The maximum atomic E-state index is 3.58. The topological polar surface area (TPSA) is 15.3 Å². The zero-order chi connectivity index (χ0) is 9.90. The van der Waals surface area contributed by atoms with E-state index in [0.717, 1.165) is 12.6 Å². The molecule has 0 amide bonds. The molecule has 1 aliphatic rings. The fourth-order valence-corrected chi connectivity index (χ4v) is 1.83. The summed E-state index contributed by atoms with van der Waals surface area (Å²) >= 11 is 0. The summed E-state index contributed by atoms with van der Waals surface area (Å²) in [5.41, 5.74) is 0.262. The predicted octanol–water partition coefficient (Wildman–Crippen LogP) is 1.86. The van der Waals surface area contributed by atoms with Gasteiger partial charge in [-0.3, -0.25) is 0 Å². The number of rotatable bonds is 2. The van der Waals surface area contributed by atoms with Crippen LogP contribution in [0, 0.1) is 0 Å². The molecule has 1 saturated heterocycles. The molecule has 0 bridgehead atoms. The second-order valence-corrected chi connectivity index (χ2v) is 5.26. The average Bonchev–Trinajstić information content (AvgIpc) is 2.01. The second-order valence-electron chi connectivity index (χ2n) is 5.26. The summed E-state index contributed by atoms with van der Waals surface area (Å²) in [4.78, 5) is 2.49. The third-order valence-corrected chi connectivity index (χ3v) is 2.79. The van der Waals surface area contributed by atoms with Gasteiger partial charge in [0.05, 0.1) is 0 Å². The number of likely N-dealkylation sites (tertiary alicyclic amines) is 1. The van der Waals surface area contributed by atoms with Crippen molar-refractivity contribution in [2.24, 2.45) is 0 Å². The summed E-state index contributed by atoms with van der Waals surface area (Å²) < 4.78 is 0. The van der Waals surface area contributed by atoms with Gasteiger partial charge < -0.3 is 10.2 Å². The first kappa shape index (κ1) is 11.0. The fraction of sp³-hybridized carbons (Fsp3) is 1.00. The Bertz CT molecular complexity index is 149. The van der Waals surface area contributed by atoms with Crippen LogP contribution < -0.4 is 5.32 Å². The molecule has 1 heterocycles. The minimum absolute atomic E-state index is 0.262. The van der Waals surface area contributed by atoms with Crippen molar-refractivity contribution in [1.29, 1.82) is 0 Å². The number of nitrogens with zero attached hydrogens (tertiary/aromatic N) is 1. The van der Waals surface area contributed by atoms with E-state index in [1.807, 2.05) is 0 Å². The van der Waals surface area contributed by atoms with Crippen LogP contribution in [0.25, 0.3) is 0 Å². The first-order chi connectivity index (χ1) is 5.99. The van der Waals surface area contributed by atoms with Crippen molar-refractivity contribution >= 4 is 0 Å². The monoisotopic (exact) mass is 184 g/mol. The van der Waals surface area contributed by atoms with Crippen molar-refractivity contribution in [2.75, 3.05) is 20.1 Å². The van der Waals surface area contributed by atoms with Crippen LogP contribution in [0.1, 0.15) is 40.0 Å². The van der Waals surface area contributed by atoms with Gasteiger partial charge in [-0.15, -0.1) is 0 Å². The summed E-state index contributed by atoms with van der Waals surface area (Å²) in [5, 5.41) is 3.58. The molecular formula is C11H24N2. The fourth-order valence-electron chi connectivity index (χ4n) is 1.83. The molecule has 1 fully saturated rings. The van der Waals surface area contributed by atoms with Crippen LogP contribution in [0.2, 0.25) is 0 Å². The molecule has 0 radical (unpaired) electrons. The Morgan fingerprint density at radius 1 is 1.31 bits per heavy atom. The van der Waals surface area contributed by atoms with Crippen molar-refractivity contribution in [3.8, 4) is 0 Å². The Kier molecular flexibility index (Phi) is 3.74. The maximum absolute atomic E-state index is 3.58. The standard InChI is InChI=1S/C11H24N2/c1-11(2,3)12-9-10-7-5-6-8-13(10)4/h10,12H,5-9H2,1-4H3. The first-order valence-electron chi connectivity index (χ1n) is 5.44. The van der Waals surface area contributed by atoms with E-state index in [1.165, 1.54) is 25.8 Å². The molecule has 1 N–H and O–H groups in total. The molecule has 2 heteroatoms. The minimum atomic E-state index is 0.262. The van der Waals surface area contributed by atoms with Gasteiger partial charge in [-0.25, -0.2) is 0 Å². The maximum Gasteiger partial charge on any atom is 0.0217 e. The molecule has 0 aromatic carbocycles. The third kappa shape index (κ3) is 4.10. The van der Waals surface area contributed by atoms with Gasteiger partial charge in [-0.1, -0.05) is 6.42 Å². The highest BCUT2D eigenvalue weighted by Crippen LogP contribution is 2.14. The number of nitrogens with one attached hydrogen (secondary N) is 1. The zero-order valence-electron chi connectivity index (χ0n) is 9.56. The number of piperidine rings is 1. The van der Waals surface area contributed by atoms with Gasteiger partial charge in [-0.05, 0) is 47.2 Å². The molecule has 0 aromatic heterocycles. The SMILES string of the molecule is CN1CCCCC1CNC(C)(C)C. The van der Waals surface area contributed by atoms with E-state index >= 15 is 0 Å². The first-order valence-corrected chi connectivity index (χ1v) is 5.44. The lowest BCUT2D eigenvalue weighted by Gasteiger charge is -2.34. The van der Waals surface area contributed by atoms with E-state index in [0.29, 0.717) is 0 Å². The Balaban J connectivity index is 2.27. The van der Waals surface area contributed by atoms with Gasteiger partial charge in [0.15, 0.2) is 0 Å². The molecular weight excluding hydrogens is 160 g/mol. The lowest BCUT2D eigenvalue weighted by atomic mass is 10.0. The molecule has 2 nitrogen and oxygen atoms in total. The smallest absolute Gasteiger partial charge is 0.0217 e. The normalized spacial score (nSPS) is 26.3. The summed E-state index contributed by atoms with van der Waals surface area (Å²) in [6.07, 6.45) is 4.14. The van der Waals surface area contributed by atoms with E-state index in [9.17, 15) is 0 Å². The van der Waals surface area contributed by atoms with Crippen molar-refractivity contribution in [3.63, 3.8) is 0 Å². The number of likely N-dealkylation sites (N-methyl/N-ethyl adjacent to an activating group) is 1. The Hall–Kier alpha value is -0.0800. The van der Waals surface area contributed by atoms with Gasteiger partial charge in [0.2, 0.25) is 0 Å². The lowest BCUT2D eigenvalue weighted by Crippen LogP contribution is -2.48. The molecule has 1 aliphatic heterocycles. The highest BCUT2D eigenvalue weighted by atomic mass is 15.2. The van der Waals surface area contributed by atoms with Gasteiger partial charge in [0.25, 0.3) is 0 Å². The Morgan fingerprint density at radius 2 is 2.00 bits per heavy atom. The quantitative estimate of drug-likeness (QED) is 0.704. The van der Waals surface area contributed by atoms with Crippen molar-refractivity contribution < 1.29 is 0 Å². The largest absolute Gasteiger partial charge is 0.311 e. The van der Waals surface area contributed by atoms with Crippen molar-refractivity contribution in [1.82, 2.24) is 10.2 Å².